The summed E-state index contributed by atoms with van der Waals surface area (Å²) >= 11 is 0. The van der Waals surface area contributed by atoms with Gasteiger partial charge < -0.3 is 10.6 Å². The second kappa shape index (κ2) is 10.8. The normalized spacial score (nSPS) is 11.2. The molecular formula is C22H34N4. The van der Waals surface area contributed by atoms with Crippen LogP contribution in [0.25, 0.3) is 0 Å². The molecule has 2 N–H and O–H groups in total. The Kier molecular flexibility index (Phi) is 8.39. The predicted molar refractivity (Wildman–Crippen MR) is 112 cm³/mol. The third kappa shape index (κ3) is 7.85. The van der Waals surface area contributed by atoms with Crippen LogP contribution in [0.4, 0.5) is 11.8 Å². The van der Waals surface area contributed by atoms with E-state index in [1.165, 1.54) is 12.0 Å². The van der Waals surface area contributed by atoms with Crippen molar-refractivity contribution in [1.82, 2.24) is 9.97 Å². The molecule has 1 heterocycles. The Labute approximate surface area is 158 Å². The summed E-state index contributed by atoms with van der Waals surface area (Å²) < 4.78 is 0. The summed E-state index contributed by atoms with van der Waals surface area (Å²) in [5.41, 5.74) is 2.53. The van der Waals surface area contributed by atoms with E-state index in [9.17, 15) is 0 Å². The number of benzene rings is 1. The Balaban J connectivity index is 1.93. The molecule has 4 nitrogen and oxygen atoms in total. The van der Waals surface area contributed by atoms with E-state index in [4.69, 9.17) is 4.98 Å². The van der Waals surface area contributed by atoms with Crippen LogP contribution in [0, 0.1) is 11.8 Å². The van der Waals surface area contributed by atoms with Crippen LogP contribution < -0.4 is 10.6 Å². The van der Waals surface area contributed by atoms with Gasteiger partial charge in [0.1, 0.15) is 5.82 Å². The molecule has 0 radical (unpaired) electrons. The van der Waals surface area contributed by atoms with E-state index < -0.39 is 0 Å². The van der Waals surface area contributed by atoms with E-state index in [0.29, 0.717) is 11.8 Å². The fourth-order valence-corrected chi connectivity index (χ4v) is 2.68. The van der Waals surface area contributed by atoms with E-state index in [2.05, 4.69) is 79.7 Å². The minimum atomic E-state index is 0.570. The van der Waals surface area contributed by atoms with Crippen molar-refractivity contribution < 1.29 is 0 Å². The molecule has 26 heavy (non-hydrogen) atoms. The van der Waals surface area contributed by atoms with Crippen molar-refractivity contribution in [1.29, 1.82) is 0 Å². The molecule has 0 saturated carbocycles. The Morgan fingerprint density at radius 2 is 1.46 bits per heavy atom. The van der Waals surface area contributed by atoms with Gasteiger partial charge in [-0.3, -0.25) is 0 Å². The molecule has 0 aliphatic rings. The summed E-state index contributed by atoms with van der Waals surface area (Å²) in [4.78, 5) is 9.33. The maximum atomic E-state index is 4.71. The smallest absolute Gasteiger partial charge is 0.224 e. The van der Waals surface area contributed by atoms with E-state index in [0.717, 1.165) is 49.8 Å². The van der Waals surface area contributed by atoms with Gasteiger partial charge in [0, 0.05) is 24.8 Å². The second-order valence-electron chi connectivity index (χ2n) is 7.81. The summed E-state index contributed by atoms with van der Waals surface area (Å²) in [5.74, 6) is 2.83. The van der Waals surface area contributed by atoms with Crippen LogP contribution in [0.3, 0.4) is 0 Å². The monoisotopic (exact) mass is 354 g/mol. The largest absolute Gasteiger partial charge is 0.370 e. The van der Waals surface area contributed by atoms with Crippen molar-refractivity contribution in [2.75, 3.05) is 23.7 Å². The van der Waals surface area contributed by atoms with Gasteiger partial charge in [-0.05, 0) is 43.1 Å². The van der Waals surface area contributed by atoms with Gasteiger partial charge in [-0.15, -0.1) is 0 Å². The quantitative estimate of drug-likeness (QED) is 0.546. The van der Waals surface area contributed by atoms with Crippen molar-refractivity contribution in [2.45, 2.75) is 53.4 Å². The van der Waals surface area contributed by atoms with Gasteiger partial charge >= 0.3 is 0 Å². The fourth-order valence-electron chi connectivity index (χ4n) is 2.68. The molecule has 0 bridgehead atoms. The number of hydrogen-bond donors (Lipinski definition) is 2. The van der Waals surface area contributed by atoms with Crippen LogP contribution in [-0.4, -0.2) is 23.1 Å². The summed E-state index contributed by atoms with van der Waals surface area (Å²) in [5, 5.41) is 6.80. The predicted octanol–water partition coefficient (Wildman–Crippen LogP) is 5.18. The standard InChI is InChI=1S/C22H34N4/c1-17(2)15-23-21-14-20(25-22(26-21)24-16-18(3)4)13-9-8-12-19-10-6-5-7-11-19/h5-7,10-11,14,17-18H,8-9,12-13,15-16H2,1-4H3,(H2,23,24,25,26). The first-order valence-electron chi connectivity index (χ1n) is 9.92. The van der Waals surface area contributed by atoms with Crippen molar-refractivity contribution in [3.05, 3.63) is 47.7 Å². The summed E-state index contributed by atoms with van der Waals surface area (Å²) in [7, 11) is 0. The lowest BCUT2D eigenvalue weighted by molar-refractivity contribution is 0.678. The van der Waals surface area contributed by atoms with E-state index in [-0.39, 0.29) is 0 Å². The summed E-state index contributed by atoms with van der Waals surface area (Å²) in [6, 6.07) is 12.8. The van der Waals surface area contributed by atoms with Gasteiger partial charge in [-0.1, -0.05) is 58.0 Å². The van der Waals surface area contributed by atoms with Gasteiger partial charge in [0.25, 0.3) is 0 Å². The van der Waals surface area contributed by atoms with Gasteiger partial charge in [-0.25, -0.2) is 4.98 Å². The zero-order valence-corrected chi connectivity index (χ0v) is 16.8. The lowest BCUT2D eigenvalue weighted by Gasteiger charge is -2.13. The van der Waals surface area contributed by atoms with Gasteiger partial charge in [0.15, 0.2) is 0 Å². The maximum Gasteiger partial charge on any atom is 0.224 e. The lowest BCUT2D eigenvalue weighted by Crippen LogP contribution is -2.14. The molecule has 0 unspecified atom stereocenters. The van der Waals surface area contributed by atoms with E-state index >= 15 is 0 Å². The molecule has 2 aromatic rings. The first-order valence-corrected chi connectivity index (χ1v) is 9.92. The lowest BCUT2D eigenvalue weighted by atomic mass is 10.1. The molecule has 0 spiro atoms. The second-order valence-corrected chi connectivity index (χ2v) is 7.81. The number of rotatable bonds is 11. The molecule has 0 saturated heterocycles. The zero-order valence-electron chi connectivity index (χ0n) is 16.8. The summed E-state index contributed by atoms with van der Waals surface area (Å²) in [6.45, 7) is 10.6. The van der Waals surface area contributed by atoms with Gasteiger partial charge in [0.2, 0.25) is 5.95 Å². The van der Waals surface area contributed by atoms with Crippen LogP contribution in [0.5, 0.6) is 0 Å². The van der Waals surface area contributed by atoms with Crippen LogP contribution in [-0.2, 0) is 12.8 Å². The average Bonchev–Trinajstić information content (AvgIpc) is 2.63. The Hall–Kier alpha value is -2.10. The number of nitrogens with zero attached hydrogens (tertiary/aromatic N) is 2. The first-order chi connectivity index (χ1) is 12.5. The minimum absolute atomic E-state index is 0.570. The Morgan fingerprint density at radius 3 is 2.15 bits per heavy atom. The molecule has 1 aromatic carbocycles. The number of anilines is 2. The molecule has 142 valence electrons. The number of aromatic nitrogens is 2. The van der Waals surface area contributed by atoms with Crippen molar-refractivity contribution in [3.63, 3.8) is 0 Å². The highest BCUT2D eigenvalue weighted by Crippen LogP contribution is 2.15. The van der Waals surface area contributed by atoms with Gasteiger partial charge in [0.05, 0.1) is 0 Å². The van der Waals surface area contributed by atoms with Crippen LogP contribution in [0.2, 0.25) is 0 Å². The van der Waals surface area contributed by atoms with Crippen molar-refractivity contribution in [2.24, 2.45) is 11.8 Å². The molecular weight excluding hydrogens is 320 g/mol. The number of nitrogens with one attached hydrogen (secondary N) is 2. The Bertz CT molecular complexity index is 608. The van der Waals surface area contributed by atoms with Crippen molar-refractivity contribution >= 4 is 11.8 Å². The van der Waals surface area contributed by atoms with Crippen LogP contribution in [0.15, 0.2) is 36.4 Å². The van der Waals surface area contributed by atoms with E-state index in [1.807, 2.05) is 0 Å². The molecule has 0 atom stereocenters. The summed E-state index contributed by atoms with van der Waals surface area (Å²) in [6.07, 6.45) is 4.43. The maximum absolute atomic E-state index is 4.71. The third-order valence-corrected chi connectivity index (χ3v) is 4.13. The number of aryl methyl sites for hydroxylation is 2. The minimum Gasteiger partial charge on any atom is -0.370 e. The molecule has 0 fully saturated rings. The molecule has 0 aliphatic heterocycles. The molecule has 0 aliphatic carbocycles. The molecule has 0 amide bonds. The Morgan fingerprint density at radius 1 is 0.808 bits per heavy atom. The number of unbranched alkanes of at least 4 members (excludes halogenated alkanes) is 1. The SMILES string of the molecule is CC(C)CNc1cc(CCCCc2ccccc2)nc(NCC(C)C)n1. The zero-order chi connectivity index (χ0) is 18.8. The first kappa shape index (κ1) is 20.2. The van der Waals surface area contributed by atoms with E-state index in [1.54, 1.807) is 0 Å². The third-order valence-electron chi connectivity index (χ3n) is 4.13. The highest BCUT2D eigenvalue weighted by molar-refractivity contribution is 5.42. The highest BCUT2D eigenvalue weighted by atomic mass is 15.1. The number of hydrogen-bond acceptors (Lipinski definition) is 4. The van der Waals surface area contributed by atoms with Crippen molar-refractivity contribution in [3.8, 4) is 0 Å². The van der Waals surface area contributed by atoms with Crippen LogP contribution >= 0.6 is 0 Å². The molecule has 1 aromatic heterocycles. The molecule has 4 heteroatoms. The topological polar surface area (TPSA) is 49.8 Å². The molecule has 2 rings (SSSR count). The fraction of sp³-hybridized carbons (Fsp3) is 0.545. The average molecular weight is 355 g/mol. The highest BCUT2D eigenvalue weighted by Gasteiger charge is 2.06. The van der Waals surface area contributed by atoms with Gasteiger partial charge in [-0.2, -0.15) is 4.98 Å². The van der Waals surface area contributed by atoms with Crippen LogP contribution in [0.1, 0.15) is 51.8 Å².